The highest BCUT2D eigenvalue weighted by atomic mass is 79.9. The summed E-state index contributed by atoms with van der Waals surface area (Å²) >= 11 is 6.63. The molecular formula is C17H19BrN4S2. The van der Waals surface area contributed by atoms with Crippen molar-refractivity contribution in [3.05, 3.63) is 47.1 Å². The van der Waals surface area contributed by atoms with Gasteiger partial charge in [0, 0.05) is 29.7 Å². The van der Waals surface area contributed by atoms with E-state index in [9.17, 15) is 0 Å². The number of nitrogens with zero attached hydrogens (tertiary/aromatic N) is 4. The third-order valence-electron chi connectivity index (χ3n) is 3.06. The summed E-state index contributed by atoms with van der Waals surface area (Å²) in [4.78, 5) is 17.8. The first-order valence-corrected chi connectivity index (χ1v) is 10.1. The Morgan fingerprint density at radius 2 is 1.92 bits per heavy atom. The highest BCUT2D eigenvalue weighted by Crippen LogP contribution is 2.35. The molecule has 24 heavy (non-hydrogen) atoms. The van der Waals surface area contributed by atoms with Crippen LogP contribution in [0, 0.1) is 0 Å². The molecule has 0 unspecified atom stereocenters. The first-order chi connectivity index (χ1) is 11.5. The molecule has 4 nitrogen and oxygen atoms in total. The van der Waals surface area contributed by atoms with Crippen LogP contribution in [0.5, 0.6) is 0 Å². The molecule has 0 bridgehead atoms. The molecular weight excluding hydrogens is 404 g/mol. The molecule has 2 rings (SSSR count). The number of rotatable bonds is 3. The summed E-state index contributed by atoms with van der Waals surface area (Å²) in [5.41, 5.74) is 0. The first-order valence-electron chi connectivity index (χ1n) is 7.23. The lowest BCUT2D eigenvalue weighted by Crippen LogP contribution is -2.19. The van der Waals surface area contributed by atoms with Gasteiger partial charge in [-0.25, -0.2) is 15.0 Å². The van der Waals surface area contributed by atoms with Crippen LogP contribution in [0.1, 0.15) is 6.92 Å². The fourth-order valence-corrected chi connectivity index (χ4v) is 3.44. The zero-order chi connectivity index (χ0) is 17.5. The summed E-state index contributed by atoms with van der Waals surface area (Å²) in [6.45, 7) is 1.96. The van der Waals surface area contributed by atoms with Crippen LogP contribution in [-0.4, -0.2) is 41.2 Å². The largest absolute Gasteiger partial charge is 0.366 e. The van der Waals surface area contributed by atoms with Crippen molar-refractivity contribution in [1.29, 1.82) is 0 Å². The Labute approximate surface area is 160 Å². The Morgan fingerprint density at radius 1 is 1.21 bits per heavy atom. The van der Waals surface area contributed by atoms with Gasteiger partial charge in [-0.15, -0.1) is 0 Å². The molecule has 0 fully saturated rings. The lowest BCUT2D eigenvalue weighted by molar-refractivity contribution is 0.620. The number of benzene rings is 1. The number of thioether (sulfide) groups is 1. The molecule has 0 N–H and O–H groups in total. The van der Waals surface area contributed by atoms with Gasteiger partial charge in [-0.1, -0.05) is 41.7 Å². The monoisotopic (exact) mass is 422 g/mol. The van der Waals surface area contributed by atoms with E-state index in [1.54, 1.807) is 18.0 Å². The van der Waals surface area contributed by atoms with Crippen molar-refractivity contribution in [2.75, 3.05) is 20.4 Å². The molecule has 0 saturated heterocycles. The summed E-state index contributed by atoms with van der Waals surface area (Å²) in [6, 6.07) is 12.2. The second kappa shape index (κ2) is 9.25. The molecule has 1 heterocycles. The molecule has 126 valence electrons. The summed E-state index contributed by atoms with van der Waals surface area (Å²) < 4.78 is 0.929. The van der Waals surface area contributed by atoms with Gasteiger partial charge in [-0.05, 0) is 47.3 Å². The van der Waals surface area contributed by atoms with Crippen molar-refractivity contribution >= 4 is 56.3 Å². The normalized spacial score (nSPS) is 12.4. The van der Waals surface area contributed by atoms with E-state index in [1.807, 2.05) is 56.4 Å². The Bertz CT molecular complexity index is 746. The van der Waals surface area contributed by atoms with Crippen LogP contribution < -0.4 is 0 Å². The number of amidine groups is 2. The Kier molecular flexibility index (Phi) is 7.33. The highest BCUT2D eigenvalue weighted by molar-refractivity contribution is 9.10. The van der Waals surface area contributed by atoms with E-state index in [-0.39, 0.29) is 0 Å². The van der Waals surface area contributed by atoms with Crippen LogP contribution in [-0.2, 0) is 0 Å². The molecule has 1 aromatic heterocycles. The maximum atomic E-state index is 4.65. The molecule has 0 spiro atoms. The van der Waals surface area contributed by atoms with E-state index in [0.29, 0.717) is 11.0 Å². The summed E-state index contributed by atoms with van der Waals surface area (Å²) in [5, 5.41) is 0.686. The smallest absolute Gasteiger partial charge is 0.191 e. The van der Waals surface area contributed by atoms with Crippen molar-refractivity contribution < 1.29 is 0 Å². The van der Waals surface area contributed by atoms with Crippen molar-refractivity contribution in [3.8, 4) is 0 Å². The summed E-state index contributed by atoms with van der Waals surface area (Å²) in [6.07, 6.45) is 3.72. The fraction of sp³-hybridized carbons (Fsp3) is 0.235. The van der Waals surface area contributed by atoms with Gasteiger partial charge in [0.05, 0.1) is 4.90 Å². The third-order valence-corrected chi connectivity index (χ3v) is 5.07. The molecule has 0 amide bonds. The quantitative estimate of drug-likeness (QED) is 0.495. The van der Waals surface area contributed by atoms with Crippen molar-refractivity contribution in [1.82, 2.24) is 9.88 Å². The minimum atomic E-state index is 0.673. The van der Waals surface area contributed by atoms with Crippen LogP contribution in [0.3, 0.4) is 0 Å². The molecule has 1 aromatic carbocycles. The topological polar surface area (TPSA) is 40.9 Å². The van der Waals surface area contributed by atoms with Gasteiger partial charge in [-0.2, -0.15) is 0 Å². The van der Waals surface area contributed by atoms with E-state index in [0.717, 1.165) is 20.1 Å². The van der Waals surface area contributed by atoms with Gasteiger partial charge >= 0.3 is 0 Å². The van der Waals surface area contributed by atoms with Crippen molar-refractivity contribution in [2.45, 2.75) is 16.7 Å². The molecule has 0 aliphatic heterocycles. The second-order valence-electron chi connectivity index (χ2n) is 5.04. The Morgan fingerprint density at radius 3 is 2.54 bits per heavy atom. The lowest BCUT2D eigenvalue weighted by Gasteiger charge is -2.11. The van der Waals surface area contributed by atoms with Crippen LogP contribution in [0.2, 0.25) is 0 Å². The Hall–Kier alpha value is -1.31. The molecule has 2 aromatic rings. The van der Waals surface area contributed by atoms with Gasteiger partial charge in [0.25, 0.3) is 0 Å². The lowest BCUT2D eigenvalue weighted by atomic mass is 10.4. The summed E-state index contributed by atoms with van der Waals surface area (Å²) in [7, 11) is 3.93. The maximum Gasteiger partial charge on any atom is 0.191 e. The minimum absolute atomic E-state index is 0.673. The van der Waals surface area contributed by atoms with Crippen LogP contribution in [0.4, 0.5) is 5.82 Å². The van der Waals surface area contributed by atoms with Gasteiger partial charge in [-0.3, -0.25) is 0 Å². The van der Waals surface area contributed by atoms with Crippen molar-refractivity contribution in [3.63, 3.8) is 0 Å². The van der Waals surface area contributed by atoms with E-state index < -0.39 is 0 Å². The molecule has 0 aliphatic rings. The highest BCUT2D eigenvalue weighted by Gasteiger charge is 2.08. The van der Waals surface area contributed by atoms with E-state index in [1.165, 1.54) is 11.8 Å². The zero-order valence-corrected chi connectivity index (χ0v) is 17.2. The number of halogens is 1. The number of hydrogen-bond donors (Lipinski definition) is 0. The van der Waals surface area contributed by atoms with E-state index in [4.69, 9.17) is 0 Å². The van der Waals surface area contributed by atoms with Gasteiger partial charge in [0.15, 0.2) is 11.0 Å². The second-order valence-corrected chi connectivity index (χ2v) is 7.85. The molecule has 0 aliphatic carbocycles. The molecule has 7 heteroatoms. The number of aliphatic imine (C=N–C) groups is 2. The minimum Gasteiger partial charge on any atom is -0.366 e. The molecule has 0 saturated carbocycles. The molecule has 0 radical (unpaired) electrons. The average Bonchev–Trinajstić information content (AvgIpc) is 2.57. The summed E-state index contributed by atoms with van der Waals surface area (Å²) in [5.74, 6) is 1.57. The first kappa shape index (κ1) is 19.0. The Balaban J connectivity index is 2.38. The predicted octanol–water partition coefficient (Wildman–Crippen LogP) is 5.33. The number of pyridine rings is 1. The van der Waals surface area contributed by atoms with Gasteiger partial charge in [0.2, 0.25) is 0 Å². The van der Waals surface area contributed by atoms with Crippen LogP contribution in [0.15, 0.2) is 66.8 Å². The maximum absolute atomic E-state index is 4.65. The average molecular weight is 423 g/mol. The van der Waals surface area contributed by atoms with E-state index >= 15 is 0 Å². The SMILES string of the molecule is CSC(=Nc1ncc(Br)cc1Sc1ccccc1)N=C(C)N(C)C. The number of hydrogen-bond acceptors (Lipinski definition) is 4. The van der Waals surface area contributed by atoms with Crippen LogP contribution in [0.25, 0.3) is 0 Å². The zero-order valence-electron chi connectivity index (χ0n) is 14.0. The molecule has 0 atom stereocenters. The standard InChI is InChI=1S/C17H19BrN4S2/c1-12(22(2)3)20-17(23-4)21-16-15(10-13(18)11-19-16)24-14-8-6-5-7-9-14/h5-11H,1-4H3. The van der Waals surface area contributed by atoms with Crippen LogP contribution >= 0.6 is 39.5 Å². The van der Waals surface area contributed by atoms with Crippen molar-refractivity contribution in [2.24, 2.45) is 9.98 Å². The van der Waals surface area contributed by atoms with Gasteiger partial charge in [0.1, 0.15) is 5.84 Å². The third kappa shape index (κ3) is 5.65. The van der Waals surface area contributed by atoms with E-state index in [2.05, 4.69) is 43.0 Å². The van der Waals surface area contributed by atoms with Gasteiger partial charge < -0.3 is 4.90 Å². The number of aromatic nitrogens is 1. The predicted molar refractivity (Wildman–Crippen MR) is 110 cm³/mol. The fourth-order valence-electron chi connectivity index (χ4n) is 1.63.